The minimum Gasteiger partial charge on any atom is -0.507 e. The Bertz CT molecular complexity index is 382. The number of aromatic carboxylic acids is 1. The SMILES string of the molecule is O=C(O)c1cc([N+](=O)[O-])c(Br)cc1O. The van der Waals surface area contributed by atoms with Crippen molar-refractivity contribution in [2.45, 2.75) is 0 Å². The van der Waals surface area contributed by atoms with Gasteiger partial charge in [0.05, 0.1) is 9.40 Å². The van der Waals surface area contributed by atoms with Gasteiger partial charge in [-0.05, 0) is 15.9 Å². The summed E-state index contributed by atoms with van der Waals surface area (Å²) in [5, 5.41) is 28.1. The van der Waals surface area contributed by atoms with Crippen LogP contribution in [0.3, 0.4) is 0 Å². The fourth-order valence-corrected chi connectivity index (χ4v) is 1.34. The molecule has 0 fully saturated rings. The molecule has 0 aliphatic rings. The summed E-state index contributed by atoms with van der Waals surface area (Å²) in [7, 11) is 0. The number of halogens is 1. The maximum Gasteiger partial charge on any atom is 0.339 e. The van der Waals surface area contributed by atoms with E-state index >= 15 is 0 Å². The van der Waals surface area contributed by atoms with Gasteiger partial charge in [-0.2, -0.15) is 0 Å². The molecule has 0 unspecified atom stereocenters. The third-order valence-electron chi connectivity index (χ3n) is 1.49. The third-order valence-corrected chi connectivity index (χ3v) is 2.13. The fraction of sp³-hybridized carbons (Fsp3) is 0. The summed E-state index contributed by atoms with van der Waals surface area (Å²) in [6.45, 7) is 0. The smallest absolute Gasteiger partial charge is 0.339 e. The first-order chi connectivity index (χ1) is 6.43. The highest BCUT2D eigenvalue weighted by Crippen LogP contribution is 2.31. The van der Waals surface area contributed by atoms with Crippen LogP contribution in [0.4, 0.5) is 5.69 Å². The van der Waals surface area contributed by atoms with Gasteiger partial charge in [0.15, 0.2) is 0 Å². The summed E-state index contributed by atoms with van der Waals surface area (Å²) in [4.78, 5) is 20.2. The van der Waals surface area contributed by atoms with Gasteiger partial charge in [0.1, 0.15) is 11.3 Å². The van der Waals surface area contributed by atoms with Crippen LogP contribution < -0.4 is 0 Å². The Balaban J connectivity index is 3.42. The minimum atomic E-state index is -1.42. The lowest BCUT2D eigenvalue weighted by atomic mass is 10.2. The number of hydrogen-bond acceptors (Lipinski definition) is 4. The second-order valence-electron chi connectivity index (χ2n) is 2.38. The monoisotopic (exact) mass is 261 g/mol. The van der Waals surface area contributed by atoms with Crippen molar-refractivity contribution in [3.8, 4) is 5.75 Å². The molecule has 2 N–H and O–H groups in total. The number of rotatable bonds is 2. The van der Waals surface area contributed by atoms with Crippen molar-refractivity contribution in [1.82, 2.24) is 0 Å². The first-order valence-corrected chi connectivity index (χ1v) is 4.13. The summed E-state index contributed by atoms with van der Waals surface area (Å²) in [6, 6.07) is 1.77. The molecule has 0 amide bonds. The van der Waals surface area contributed by atoms with Gasteiger partial charge in [-0.25, -0.2) is 4.79 Å². The molecule has 1 aromatic carbocycles. The molecule has 14 heavy (non-hydrogen) atoms. The van der Waals surface area contributed by atoms with Crippen molar-refractivity contribution < 1.29 is 19.9 Å². The Kier molecular flexibility index (Phi) is 2.70. The number of benzene rings is 1. The van der Waals surface area contributed by atoms with Crippen molar-refractivity contribution in [2.24, 2.45) is 0 Å². The number of nitro benzene ring substituents is 1. The average molecular weight is 262 g/mol. The molecule has 1 rings (SSSR count). The van der Waals surface area contributed by atoms with Crippen molar-refractivity contribution in [3.63, 3.8) is 0 Å². The first-order valence-electron chi connectivity index (χ1n) is 3.33. The second-order valence-corrected chi connectivity index (χ2v) is 3.24. The number of carbonyl (C=O) groups is 1. The van der Waals surface area contributed by atoms with Crippen LogP contribution in [0.15, 0.2) is 16.6 Å². The summed E-state index contributed by atoms with van der Waals surface area (Å²) < 4.78 is 0.0324. The van der Waals surface area contributed by atoms with Gasteiger partial charge in [0.25, 0.3) is 5.69 Å². The van der Waals surface area contributed by atoms with Gasteiger partial charge in [-0.1, -0.05) is 0 Å². The van der Waals surface area contributed by atoms with E-state index in [2.05, 4.69) is 15.9 Å². The summed E-state index contributed by atoms with van der Waals surface area (Å²) in [5.41, 5.74) is -0.903. The molecule has 6 nitrogen and oxygen atoms in total. The molecular weight excluding hydrogens is 258 g/mol. The molecule has 0 atom stereocenters. The van der Waals surface area contributed by atoms with Crippen LogP contribution in [-0.2, 0) is 0 Å². The zero-order chi connectivity index (χ0) is 10.9. The van der Waals surface area contributed by atoms with Crippen LogP contribution in [-0.4, -0.2) is 21.1 Å². The highest BCUT2D eigenvalue weighted by Gasteiger charge is 2.19. The molecule has 1 aromatic rings. The molecule has 0 aliphatic heterocycles. The standard InChI is InChI=1S/C7H4BrNO5/c8-4-2-6(10)3(7(11)12)1-5(4)9(13)14/h1-2,10H,(H,11,12). The van der Waals surface area contributed by atoms with E-state index < -0.39 is 27.9 Å². The Morgan fingerprint density at radius 1 is 1.50 bits per heavy atom. The summed E-state index contributed by atoms with van der Waals surface area (Å²) >= 11 is 2.84. The lowest BCUT2D eigenvalue weighted by Gasteiger charge is -2.00. The minimum absolute atomic E-state index is 0.0324. The van der Waals surface area contributed by atoms with Crippen LogP contribution in [0.25, 0.3) is 0 Å². The number of phenols is 1. The van der Waals surface area contributed by atoms with E-state index in [1.807, 2.05) is 0 Å². The van der Waals surface area contributed by atoms with Crippen LogP contribution >= 0.6 is 15.9 Å². The maximum absolute atomic E-state index is 10.5. The maximum atomic E-state index is 10.5. The second kappa shape index (κ2) is 3.62. The molecular formula is C7H4BrNO5. The van der Waals surface area contributed by atoms with Gasteiger partial charge in [-0.15, -0.1) is 0 Å². The lowest BCUT2D eigenvalue weighted by molar-refractivity contribution is -0.385. The zero-order valence-electron chi connectivity index (χ0n) is 6.60. The molecule has 0 radical (unpaired) electrons. The molecule has 7 heteroatoms. The summed E-state index contributed by atoms with van der Waals surface area (Å²) in [6.07, 6.45) is 0. The van der Waals surface area contributed by atoms with E-state index in [4.69, 9.17) is 10.2 Å². The Morgan fingerprint density at radius 2 is 2.07 bits per heavy atom. The van der Waals surface area contributed by atoms with Gasteiger partial charge in [-0.3, -0.25) is 10.1 Å². The van der Waals surface area contributed by atoms with Crippen molar-refractivity contribution in [2.75, 3.05) is 0 Å². The third kappa shape index (κ3) is 1.82. The van der Waals surface area contributed by atoms with E-state index in [1.54, 1.807) is 0 Å². The molecule has 0 heterocycles. The number of nitro groups is 1. The van der Waals surface area contributed by atoms with Crippen LogP contribution in [0.1, 0.15) is 10.4 Å². The first kappa shape index (κ1) is 10.5. The normalized spacial score (nSPS) is 9.79. The molecule has 0 bridgehead atoms. The van der Waals surface area contributed by atoms with E-state index in [-0.39, 0.29) is 4.47 Å². The van der Waals surface area contributed by atoms with Gasteiger partial charge < -0.3 is 10.2 Å². The van der Waals surface area contributed by atoms with E-state index in [0.29, 0.717) is 0 Å². The largest absolute Gasteiger partial charge is 0.507 e. The van der Waals surface area contributed by atoms with Crippen LogP contribution in [0.5, 0.6) is 5.75 Å². The molecule has 0 saturated heterocycles. The van der Waals surface area contributed by atoms with Crippen molar-refractivity contribution in [1.29, 1.82) is 0 Å². The van der Waals surface area contributed by atoms with E-state index in [9.17, 15) is 14.9 Å². The zero-order valence-corrected chi connectivity index (χ0v) is 8.19. The molecule has 0 aromatic heterocycles. The molecule has 0 saturated carbocycles. The summed E-state index contributed by atoms with van der Waals surface area (Å²) in [5.74, 6) is -1.94. The highest BCUT2D eigenvalue weighted by molar-refractivity contribution is 9.10. The highest BCUT2D eigenvalue weighted by atomic mass is 79.9. The Morgan fingerprint density at radius 3 is 2.50 bits per heavy atom. The molecule has 74 valence electrons. The Labute approximate surface area is 86.1 Å². The number of nitrogens with zero attached hydrogens (tertiary/aromatic N) is 1. The van der Waals surface area contributed by atoms with Crippen molar-refractivity contribution in [3.05, 3.63) is 32.3 Å². The predicted octanol–water partition coefficient (Wildman–Crippen LogP) is 1.76. The van der Waals surface area contributed by atoms with Crippen LogP contribution in [0.2, 0.25) is 0 Å². The Hall–Kier alpha value is -1.63. The van der Waals surface area contributed by atoms with Gasteiger partial charge >= 0.3 is 5.97 Å². The van der Waals surface area contributed by atoms with E-state index in [0.717, 1.165) is 12.1 Å². The molecule has 0 aliphatic carbocycles. The van der Waals surface area contributed by atoms with Gasteiger partial charge in [0, 0.05) is 12.1 Å². The van der Waals surface area contributed by atoms with Gasteiger partial charge in [0.2, 0.25) is 0 Å². The van der Waals surface area contributed by atoms with Crippen molar-refractivity contribution >= 4 is 27.6 Å². The number of carboxylic acid groups (broad SMARTS) is 1. The van der Waals surface area contributed by atoms with E-state index in [1.165, 1.54) is 0 Å². The number of hydrogen-bond donors (Lipinski definition) is 2. The topological polar surface area (TPSA) is 101 Å². The molecule has 0 spiro atoms. The average Bonchev–Trinajstić information content (AvgIpc) is 2.02. The predicted molar refractivity (Wildman–Crippen MR) is 49.4 cm³/mol. The number of aromatic hydroxyl groups is 1. The number of carboxylic acids is 1. The lowest BCUT2D eigenvalue weighted by Crippen LogP contribution is -1.99. The fourth-order valence-electron chi connectivity index (χ4n) is 0.863. The quantitative estimate of drug-likeness (QED) is 0.624. The van der Waals surface area contributed by atoms with Crippen LogP contribution in [0, 0.1) is 10.1 Å².